The molecule has 0 rings (SSSR count). The van der Waals surface area contributed by atoms with E-state index in [1.165, 1.54) is 238 Å². The van der Waals surface area contributed by atoms with Crippen molar-refractivity contribution in [2.24, 2.45) is 5.92 Å². The standard InChI is InChI=1S/C80H156O17P2/c1-6-10-13-16-19-21-22-23-24-25-26-27-28-32-35-38-41-45-49-54-59-64-78(83)91-70-76(97-80(85)66-61-56-51-46-42-39-36-33-30-29-31-34-37-40-44-48-52-57-62-73(5)9-4)72-95-99(88,89)93-68-74(81)67-92-98(86,87)94-71-75(69-90-77(82)63-58-53-47-18-15-12-8-3)96-79(84)65-60-55-50-43-20-17-14-11-7-2/h73-76,81H,6-72H2,1-5H3,(H,86,87)(H,88,89)/t73?,74-,75+,76+/m0/s1. The summed E-state index contributed by atoms with van der Waals surface area (Å²) in [6.45, 7) is 7.32. The van der Waals surface area contributed by atoms with Crippen LogP contribution in [0.2, 0.25) is 0 Å². The maximum absolute atomic E-state index is 13.1. The summed E-state index contributed by atoms with van der Waals surface area (Å²) in [6, 6.07) is 0. The maximum atomic E-state index is 13.1. The third-order valence-electron chi connectivity index (χ3n) is 19.1. The molecule has 19 heteroatoms. The number of esters is 4. The van der Waals surface area contributed by atoms with E-state index in [4.69, 9.17) is 37.0 Å². The molecule has 0 saturated heterocycles. The molecule has 17 nitrogen and oxygen atoms in total. The summed E-state index contributed by atoms with van der Waals surface area (Å²) in [5, 5.41) is 10.6. The highest BCUT2D eigenvalue weighted by Gasteiger charge is 2.30. The molecule has 99 heavy (non-hydrogen) atoms. The molecule has 0 saturated carbocycles. The van der Waals surface area contributed by atoms with Crippen LogP contribution in [0.3, 0.4) is 0 Å². The lowest BCUT2D eigenvalue weighted by atomic mass is 9.99. The first-order valence-electron chi connectivity index (χ1n) is 41.7. The minimum absolute atomic E-state index is 0.106. The molecule has 0 aromatic rings. The summed E-state index contributed by atoms with van der Waals surface area (Å²) >= 11 is 0. The van der Waals surface area contributed by atoms with Crippen LogP contribution in [0.1, 0.15) is 426 Å². The Labute approximate surface area is 607 Å². The Hall–Kier alpha value is -1.94. The van der Waals surface area contributed by atoms with Gasteiger partial charge in [-0.1, -0.05) is 375 Å². The molecule has 588 valence electrons. The van der Waals surface area contributed by atoms with Crippen molar-refractivity contribution in [2.75, 3.05) is 39.6 Å². The average Bonchev–Trinajstić information content (AvgIpc) is 1.19. The zero-order valence-corrected chi connectivity index (χ0v) is 66.4. The van der Waals surface area contributed by atoms with Crippen molar-refractivity contribution in [3.63, 3.8) is 0 Å². The van der Waals surface area contributed by atoms with Crippen LogP contribution in [0, 0.1) is 5.92 Å². The van der Waals surface area contributed by atoms with Gasteiger partial charge >= 0.3 is 39.5 Å². The third kappa shape index (κ3) is 72.8. The molecule has 0 fully saturated rings. The van der Waals surface area contributed by atoms with Crippen molar-refractivity contribution < 1.29 is 80.2 Å². The zero-order valence-electron chi connectivity index (χ0n) is 64.6. The van der Waals surface area contributed by atoms with Crippen molar-refractivity contribution in [3.05, 3.63) is 0 Å². The molecule has 0 aliphatic rings. The number of ether oxygens (including phenoxy) is 4. The van der Waals surface area contributed by atoms with Gasteiger partial charge in [-0.05, 0) is 31.6 Å². The van der Waals surface area contributed by atoms with E-state index in [2.05, 4.69) is 34.6 Å². The maximum Gasteiger partial charge on any atom is 0.472 e. The van der Waals surface area contributed by atoms with E-state index in [9.17, 15) is 43.2 Å². The number of carbonyl (C=O) groups is 4. The second-order valence-electron chi connectivity index (χ2n) is 29.1. The van der Waals surface area contributed by atoms with Gasteiger partial charge in [0.15, 0.2) is 12.2 Å². The van der Waals surface area contributed by atoms with E-state index in [1.807, 2.05) is 0 Å². The molecule has 0 aromatic heterocycles. The Balaban J connectivity index is 5.11. The molecule has 0 aromatic carbocycles. The van der Waals surface area contributed by atoms with E-state index < -0.39 is 97.5 Å². The van der Waals surface area contributed by atoms with Gasteiger partial charge in [0.2, 0.25) is 0 Å². The van der Waals surface area contributed by atoms with Gasteiger partial charge in [-0.15, -0.1) is 0 Å². The highest BCUT2D eigenvalue weighted by molar-refractivity contribution is 7.47. The van der Waals surface area contributed by atoms with Gasteiger partial charge < -0.3 is 33.8 Å². The van der Waals surface area contributed by atoms with Crippen molar-refractivity contribution in [1.29, 1.82) is 0 Å². The number of aliphatic hydroxyl groups excluding tert-OH is 1. The molecule has 0 aliphatic carbocycles. The van der Waals surface area contributed by atoms with Gasteiger partial charge in [-0.2, -0.15) is 0 Å². The van der Waals surface area contributed by atoms with Gasteiger partial charge in [0.05, 0.1) is 26.4 Å². The van der Waals surface area contributed by atoms with E-state index in [1.54, 1.807) is 0 Å². The largest absolute Gasteiger partial charge is 0.472 e. The smallest absolute Gasteiger partial charge is 0.462 e. The van der Waals surface area contributed by atoms with E-state index in [0.717, 1.165) is 109 Å². The molecular formula is C80H156O17P2. The Morgan fingerprint density at radius 2 is 0.485 bits per heavy atom. The SMILES string of the molecule is CCCCCCCCCCCCCCCCCCCCCCCC(=O)OC[C@H](COP(=O)(O)OC[C@@H](O)COP(=O)(O)OC[C@@H](COC(=O)CCCCCCCCC)OC(=O)CCCCCCCCCCC)OC(=O)CCCCCCCCCCCCCCCCCCCCC(C)CC. The summed E-state index contributed by atoms with van der Waals surface area (Å²) in [4.78, 5) is 72.7. The van der Waals surface area contributed by atoms with Crippen LogP contribution in [0.4, 0.5) is 0 Å². The quantitative estimate of drug-likeness (QED) is 0.0222. The Kier molecular flexibility index (Phi) is 71.6. The summed E-state index contributed by atoms with van der Waals surface area (Å²) in [5.41, 5.74) is 0. The van der Waals surface area contributed by atoms with Gasteiger partial charge in [0.1, 0.15) is 19.3 Å². The molecule has 0 aliphatic heterocycles. The molecule has 0 radical (unpaired) electrons. The normalized spacial score (nSPS) is 14.1. The number of hydrogen-bond acceptors (Lipinski definition) is 15. The first-order valence-corrected chi connectivity index (χ1v) is 44.7. The van der Waals surface area contributed by atoms with Crippen molar-refractivity contribution in [3.8, 4) is 0 Å². The molecule has 0 amide bonds. The highest BCUT2D eigenvalue weighted by atomic mass is 31.2. The number of unbranched alkanes of at least 4 members (excludes halogenated alkanes) is 51. The minimum Gasteiger partial charge on any atom is -0.462 e. The number of carbonyl (C=O) groups excluding carboxylic acids is 4. The highest BCUT2D eigenvalue weighted by Crippen LogP contribution is 2.45. The lowest BCUT2D eigenvalue weighted by Gasteiger charge is -2.21. The molecule has 0 spiro atoms. The topological polar surface area (TPSA) is 237 Å². The predicted molar refractivity (Wildman–Crippen MR) is 405 cm³/mol. The number of rotatable bonds is 80. The third-order valence-corrected chi connectivity index (χ3v) is 21.0. The van der Waals surface area contributed by atoms with Gasteiger partial charge in [0.25, 0.3) is 0 Å². The van der Waals surface area contributed by atoms with Crippen molar-refractivity contribution in [2.45, 2.75) is 445 Å². The second-order valence-corrected chi connectivity index (χ2v) is 32.0. The van der Waals surface area contributed by atoms with Gasteiger partial charge in [-0.25, -0.2) is 9.13 Å². The zero-order chi connectivity index (χ0) is 72.7. The fourth-order valence-electron chi connectivity index (χ4n) is 12.4. The average molecular weight is 1450 g/mol. The lowest BCUT2D eigenvalue weighted by Crippen LogP contribution is -2.30. The number of hydrogen-bond donors (Lipinski definition) is 3. The fourth-order valence-corrected chi connectivity index (χ4v) is 14.0. The van der Waals surface area contributed by atoms with Gasteiger partial charge in [-0.3, -0.25) is 37.3 Å². The Morgan fingerprint density at radius 3 is 0.717 bits per heavy atom. The molecule has 3 N–H and O–H groups in total. The number of phosphoric acid groups is 2. The molecule has 3 unspecified atom stereocenters. The Bertz CT molecular complexity index is 1890. The molecule has 0 bridgehead atoms. The number of phosphoric ester groups is 2. The molecule has 0 heterocycles. The van der Waals surface area contributed by atoms with Crippen LogP contribution in [0.25, 0.3) is 0 Å². The van der Waals surface area contributed by atoms with Crippen LogP contribution in [0.5, 0.6) is 0 Å². The first-order chi connectivity index (χ1) is 48.1. The van der Waals surface area contributed by atoms with Crippen molar-refractivity contribution in [1.82, 2.24) is 0 Å². The van der Waals surface area contributed by atoms with E-state index >= 15 is 0 Å². The summed E-state index contributed by atoms with van der Waals surface area (Å²) in [5.74, 6) is -1.25. The summed E-state index contributed by atoms with van der Waals surface area (Å²) in [7, 11) is -9.90. The van der Waals surface area contributed by atoms with Crippen LogP contribution in [0.15, 0.2) is 0 Å². The summed E-state index contributed by atoms with van der Waals surface area (Å²) < 4.78 is 68.4. The lowest BCUT2D eigenvalue weighted by molar-refractivity contribution is -0.161. The monoisotopic (exact) mass is 1450 g/mol. The first kappa shape index (κ1) is 97.1. The minimum atomic E-state index is -4.96. The molecular weight excluding hydrogens is 1290 g/mol. The van der Waals surface area contributed by atoms with Crippen molar-refractivity contribution >= 4 is 39.5 Å². The molecule has 6 atom stereocenters. The number of aliphatic hydroxyl groups is 1. The van der Waals surface area contributed by atoms with E-state index in [-0.39, 0.29) is 25.7 Å². The van der Waals surface area contributed by atoms with Crippen LogP contribution in [-0.2, 0) is 65.4 Å². The van der Waals surface area contributed by atoms with Gasteiger partial charge in [0, 0.05) is 25.7 Å². The summed E-state index contributed by atoms with van der Waals surface area (Å²) in [6.07, 6.45) is 64.2. The fraction of sp³-hybridized carbons (Fsp3) is 0.950. The predicted octanol–water partition coefficient (Wildman–Crippen LogP) is 24.0. The Morgan fingerprint density at radius 1 is 0.283 bits per heavy atom. The van der Waals surface area contributed by atoms with Crippen LogP contribution >= 0.6 is 15.6 Å². The van der Waals surface area contributed by atoms with Crippen LogP contribution < -0.4 is 0 Å². The second kappa shape index (κ2) is 73.0. The van der Waals surface area contributed by atoms with E-state index in [0.29, 0.717) is 25.7 Å². The van der Waals surface area contributed by atoms with Crippen LogP contribution in [-0.4, -0.2) is 96.7 Å².